The predicted molar refractivity (Wildman–Crippen MR) is 310 cm³/mol. The fourth-order valence-corrected chi connectivity index (χ4v) is 11.6. The van der Waals surface area contributed by atoms with Gasteiger partial charge in [0, 0.05) is 12.8 Å². The maximum atomic E-state index is 13.4. The van der Waals surface area contributed by atoms with Gasteiger partial charge in [0.1, 0.15) is 67.1 Å². The van der Waals surface area contributed by atoms with Crippen LogP contribution in [0.2, 0.25) is 0 Å². The summed E-state index contributed by atoms with van der Waals surface area (Å²) in [6.07, 6.45) is 18.2. The highest BCUT2D eigenvalue weighted by molar-refractivity contribution is 5.76. The van der Waals surface area contributed by atoms with Gasteiger partial charge in [0.25, 0.3) is 0 Å². The molecule has 0 aromatic rings. The van der Waals surface area contributed by atoms with E-state index in [1.807, 2.05) is 0 Å². The topological polar surface area (TPSA) is 307 Å². The van der Waals surface area contributed by atoms with Crippen LogP contribution in [0.5, 0.6) is 0 Å². The average Bonchev–Trinajstić information content (AvgIpc) is 3.46. The van der Waals surface area contributed by atoms with Gasteiger partial charge in [0.2, 0.25) is 5.91 Å². The summed E-state index contributed by atoms with van der Waals surface area (Å²) in [5.74, 6) is -0.342. The first-order valence-corrected chi connectivity index (χ1v) is 32.8. The molecule has 1 amide bonds. The van der Waals surface area contributed by atoms with Crippen molar-refractivity contribution in [3.05, 3.63) is 0 Å². The van der Waals surface area contributed by atoms with Crippen LogP contribution in [0.15, 0.2) is 0 Å². The molecule has 3 aliphatic rings. The van der Waals surface area contributed by atoms with Crippen LogP contribution in [0.4, 0.5) is 0 Å². The van der Waals surface area contributed by atoms with Crippen LogP contribution in [-0.4, -0.2) is 193 Å². The van der Waals surface area contributed by atoms with E-state index in [1.54, 1.807) is 0 Å². The van der Waals surface area contributed by atoms with Gasteiger partial charge in [-0.3, -0.25) is 4.79 Å². The molecular formula is C62H119NO18. The number of aliphatic hydroxyl groups is 11. The van der Waals surface area contributed by atoms with E-state index in [4.69, 9.17) is 28.4 Å². The fourth-order valence-electron chi connectivity index (χ4n) is 11.6. The van der Waals surface area contributed by atoms with Crippen molar-refractivity contribution >= 4 is 5.91 Å². The number of rotatable bonds is 50. The van der Waals surface area contributed by atoms with Crippen molar-refractivity contribution in [3.8, 4) is 0 Å². The van der Waals surface area contributed by atoms with E-state index in [0.29, 0.717) is 12.8 Å². The second-order valence-corrected chi connectivity index (χ2v) is 24.0. The van der Waals surface area contributed by atoms with Crippen LogP contribution < -0.4 is 5.32 Å². The number of hydrogen-bond donors (Lipinski definition) is 12. The highest BCUT2D eigenvalue weighted by Crippen LogP contribution is 2.33. The Bertz CT molecular complexity index is 1490. The lowest BCUT2D eigenvalue weighted by Gasteiger charge is -2.47. The Morgan fingerprint density at radius 2 is 0.840 bits per heavy atom. The van der Waals surface area contributed by atoms with Crippen molar-refractivity contribution in [2.75, 3.05) is 26.4 Å². The predicted octanol–water partition coefficient (Wildman–Crippen LogP) is 7.16. The Balaban J connectivity index is 1.46. The number of unbranched alkanes of at least 4 members (excludes halogenated alkanes) is 33. The second-order valence-electron chi connectivity index (χ2n) is 24.0. The minimum atomic E-state index is -1.90. The van der Waals surface area contributed by atoms with E-state index < -0.39 is 131 Å². The highest BCUT2D eigenvalue weighted by Gasteiger charge is 2.53. The second kappa shape index (κ2) is 46.0. The van der Waals surface area contributed by atoms with Crippen molar-refractivity contribution in [3.63, 3.8) is 0 Å². The summed E-state index contributed by atoms with van der Waals surface area (Å²) in [7, 11) is 0. The lowest BCUT2D eigenvalue weighted by atomic mass is 9.96. The van der Waals surface area contributed by atoms with Gasteiger partial charge < -0.3 is 89.9 Å². The minimum absolute atomic E-state index is 0.194. The normalized spacial score (nSPS) is 29.2. The molecule has 3 aliphatic heterocycles. The van der Waals surface area contributed by atoms with Gasteiger partial charge in [0.05, 0.1) is 44.7 Å². The molecule has 0 unspecified atom stereocenters. The molecule has 3 fully saturated rings. The molecule has 17 atom stereocenters. The molecule has 81 heavy (non-hydrogen) atoms. The maximum Gasteiger partial charge on any atom is 0.220 e. The fraction of sp³-hybridized carbons (Fsp3) is 0.984. The average molecular weight is 1170 g/mol. The molecule has 0 saturated carbocycles. The highest BCUT2D eigenvalue weighted by atomic mass is 16.8. The summed E-state index contributed by atoms with van der Waals surface area (Å²) >= 11 is 0. The molecule has 0 bridgehead atoms. The molecule has 0 aliphatic carbocycles. The van der Waals surface area contributed by atoms with Crippen LogP contribution >= 0.6 is 0 Å². The summed E-state index contributed by atoms with van der Waals surface area (Å²) in [4.78, 5) is 13.4. The minimum Gasteiger partial charge on any atom is -0.394 e. The standard InChI is InChI=1S/C62H119NO18/c1-3-5-7-9-11-13-15-17-18-19-20-21-22-23-24-25-26-27-29-31-33-35-37-39-52(70)63-45(53(71)46(67)38-36-34-32-30-28-16-14-12-10-8-6-4-2)44-76-61-56(74)55(73)58(51(43-66)79-61)80-62-57(75)59(54(72)50(42-65)78-62)81-60-48(69)40-47(68)49(41-64)77-60/h45-51,53-62,64-69,71-75H,3-44H2,1-2H3,(H,63,70)/t45-,46+,47+,48+,49+,50+,51+,53-,54-,55+,56+,57+,58+,59-,60+,61-,62-/m0/s1. The molecule has 0 radical (unpaired) electrons. The third-order valence-corrected chi connectivity index (χ3v) is 16.9. The van der Waals surface area contributed by atoms with Crippen molar-refractivity contribution in [1.29, 1.82) is 0 Å². The Kier molecular flexibility index (Phi) is 42.1. The van der Waals surface area contributed by atoms with Crippen LogP contribution in [0.3, 0.4) is 0 Å². The van der Waals surface area contributed by atoms with Crippen LogP contribution in [0, 0.1) is 0 Å². The first-order chi connectivity index (χ1) is 39.3. The number of amides is 1. The molecule has 19 nitrogen and oxygen atoms in total. The number of nitrogens with one attached hydrogen (secondary N) is 1. The van der Waals surface area contributed by atoms with Crippen LogP contribution in [-0.2, 0) is 33.2 Å². The van der Waals surface area contributed by atoms with Crippen LogP contribution in [0.25, 0.3) is 0 Å². The third kappa shape index (κ3) is 29.8. The number of carbonyl (C=O) groups excluding carboxylic acids is 1. The molecule has 0 aromatic heterocycles. The van der Waals surface area contributed by atoms with E-state index in [2.05, 4.69) is 19.2 Å². The van der Waals surface area contributed by atoms with E-state index in [1.165, 1.54) is 173 Å². The van der Waals surface area contributed by atoms with E-state index in [9.17, 15) is 61.0 Å². The van der Waals surface area contributed by atoms with Gasteiger partial charge >= 0.3 is 0 Å². The van der Waals surface area contributed by atoms with Gasteiger partial charge in [-0.05, 0) is 12.8 Å². The SMILES string of the molecule is CCCCCCCCCCCCCCCCCCCCCCCCCC(=O)N[C@@H](CO[C@H]1O[C@H](CO)[C@@H](O[C@@H]2O[C@H](CO)[C@H](O)[C@H](O[C@H]3O[C@H](CO)[C@H](O)C[C@H]3O)[C@H]2O)[C@H](O)[C@H]1O)[C@H](O)[C@H](O)CCCCCCCCCCCCCC. The molecule has 480 valence electrons. The van der Waals surface area contributed by atoms with Gasteiger partial charge in [0.15, 0.2) is 18.9 Å². The molecule has 0 spiro atoms. The summed E-state index contributed by atoms with van der Waals surface area (Å²) in [5, 5.41) is 121. The third-order valence-electron chi connectivity index (χ3n) is 16.9. The summed E-state index contributed by atoms with van der Waals surface area (Å²) < 4.78 is 34.5. The van der Waals surface area contributed by atoms with E-state index in [-0.39, 0.29) is 25.2 Å². The van der Waals surface area contributed by atoms with Gasteiger partial charge in [-0.25, -0.2) is 0 Å². The molecule has 12 N–H and O–H groups in total. The monoisotopic (exact) mass is 1170 g/mol. The molecule has 3 saturated heterocycles. The summed E-state index contributed by atoms with van der Waals surface area (Å²) in [5.41, 5.74) is 0. The smallest absolute Gasteiger partial charge is 0.220 e. The molecule has 19 heteroatoms. The zero-order valence-electron chi connectivity index (χ0n) is 50.3. The van der Waals surface area contributed by atoms with Gasteiger partial charge in [-0.15, -0.1) is 0 Å². The molecule has 3 heterocycles. The Morgan fingerprint density at radius 1 is 0.444 bits per heavy atom. The molecular weight excluding hydrogens is 1050 g/mol. The summed E-state index contributed by atoms with van der Waals surface area (Å²) in [6, 6.07) is -1.14. The van der Waals surface area contributed by atoms with Gasteiger partial charge in [-0.2, -0.15) is 0 Å². The Labute approximate surface area is 487 Å². The summed E-state index contributed by atoms with van der Waals surface area (Å²) in [6.45, 7) is 1.80. The number of aliphatic hydroxyl groups excluding tert-OH is 11. The number of carbonyl (C=O) groups is 1. The van der Waals surface area contributed by atoms with Gasteiger partial charge in [-0.1, -0.05) is 232 Å². The van der Waals surface area contributed by atoms with Crippen LogP contribution in [0.1, 0.15) is 258 Å². The van der Waals surface area contributed by atoms with E-state index >= 15 is 0 Å². The maximum absolute atomic E-state index is 13.4. The first-order valence-electron chi connectivity index (χ1n) is 32.8. The molecule has 3 rings (SSSR count). The first kappa shape index (κ1) is 74.0. The van der Waals surface area contributed by atoms with Crippen molar-refractivity contribution < 1.29 is 89.4 Å². The zero-order chi connectivity index (χ0) is 59.0. The quantitative estimate of drug-likeness (QED) is 0.0269. The van der Waals surface area contributed by atoms with Crippen molar-refractivity contribution in [2.45, 2.75) is 362 Å². The Morgan fingerprint density at radius 3 is 1.28 bits per heavy atom. The largest absolute Gasteiger partial charge is 0.394 e. The lowest BCUT2D eigenvalue weighted by Crippen LogP contribution is -2.66. The molecule has 0 aromatic carbocycles. The lowest BCUT2D eigenvalue weighted by molar-refractivity contribution is -0.376. The Hall–Kier alpha value is -1.21. The van der Waals surface area contributed by atoms with Crippen molar-refractivity contribution in [1.82, 2.24) is 5.32 Å². The zero-order valence-corrected chi connectivity index (χ0v) is 50.3. The van der Waals surface area contributed by atoms with E-state index in [0.717, 1.165) is 38.5 Å². The van der Waals surface area contributed by atoms with Crippen molar-refractivity contribution in [2.24, 2.45) is 0 Å². The number of ether oxygens (including phenoxy) is 6. The number of hydrogen-bond acceptors (Lipinski definition) is 18.